The van der Waals surface area contributed by atoms with E-state index in [1.54, 1.807) is 0 Å². The molecule has 30 heavy (non-hydrogen) atoms. The number of nitrogens with zero attached hydrogens (tertiary/aromatic N) is 4. The topological polar surface area (TPSA) is 36.3 Å². The van der Waals surface area contributed by atoms with Gasteiger partial charge in [-0.15, -0.1) is 0 Å². The molecule has 0 amide bonds. The number of thiocarbonyl (C=S) groups is 1. The van der Waals surface area contributed by atoms with Gasteiger partial charge in [0.2, 0.25) is 0 Å². The number of aromatic nitrogens is 2. The quantitative estimate of drug-likeness (QED) is 0.498. The molecule has 156 valence electrons. The van der Waals surface area contributed by atoms with Crippen LogP contribution in [-0.2, 0) is 0 Å². The maximum atomic E-state index is 5.79. The lowest BCUT2D eigenvalue weighted by molar-refractivity contribution is 0.286. The van der Waals surface area contributed by atoms with Gasteiger partial charge in [-0.2, -0.15) is 0 Å². The fraction of sp³-hybridized carbons (Fsp3) is 0.304. The minimum absolute atomic E-state index is 0.00106. The van der Waals surface area contributed by atoms with Crippen molar-refractivity contribution >= 4 is 33.3 Å². The minimum atomic E-state index is -0.00106. The smallest absolute Gasteiger partial charge is 0.170 e. The Morgan fingerprint density at radius 2 is 2.00 bits per heavy atom. The van der Waals surface area contributed by atoms with Gasteiger partial charge >= 0.3 is 0 Å². The van der Waals surface area contributed by atoms with Gasteiger partial charge in [0, 0.05) is 34.8 Å². The SMILES string of the molecule is CN(C)CCCN1C(=S)N[C@@H](c2ccccn2)[C@@H]1c1cccn1-c1cccc(Br)c1. The third-order valence-electron chi connectivity index (χ3n) is 5.37. The molecule has 1 saturated heterocycles. The molecule has 0 radical (unpaired) electrons. The maximum Gasteiger partial charge on any atom is 0.170 e. The summed E-state index contributed by atoms with van der Waals surface area (Å²) in [5.74, 6) is 0. The molecular formula is C23H26BrN5S. The van der Waals surface area contributed by atoms with Crippen molar-refractivity contribution in [2.75, 3.05) is 27.2 Å². The summed E-state index contributed by atoms with van der Waals surface area (Å²) >= 11 is 9.39. The van der Waals surface area contributed by atoms with Gasteiger partial charge in [0.05, 0.1) is 17.8 Å². The van der Waals surface area contributed by atoms with Crippen LogP contribution >= 0.6 is 28.1 Å². The van der Waals surface area contributed by atoms with Gasteiger partial charge < -0.3 is 19.7 Å². The highest BCUT2D eigenvalue weighted by Gasteiger charge is 2.40. The lowest BCUT2D eigenvalue weighted by atomic mass is 10.0. The summed E-state index contributed by atoms with van der Waals surface area (Å²) in [7, 11) is 4.21. The Balaban J connectivity index is 1.74. The van der Waals surface area contributed by atoms with Gasteiger partial charge in [-0.25, -0.2) is 0 Å². The van der Waals surface area contributed by atoms with Crippen LogP contribution in [0.2, 0.25) is 0 Å². The molecule has 5 nitrogen and oxygen atoms in total. The second kappa shape index (κ2) is 9.29. The lowest BCUT2D eigenvalue weighted by Crippen LogP contribution is -2.32. The number of rotatable bonds is 7. The Hall–Kier alpha value is -2.22. The number of nitrogens with one attached hydrogen (secondary N) is 1. The van der Waals surface area contributed by atoms with Crippen molar-refractivity contribution in [1.82, 2.24) is 24.7 Å². The summed E-state index contributed by atoms with van der Waals surface area (Å²) in [6, 6.07) is 18.8. The molecule has 0 bridgehead atoms. The van der Waals surface area contributed by atoms with E-state index in [0.29, 0.717) is 0 Å². The normalized spacial score (nSPS) is 18.8. The molecule has 0 spiro atoms. The molecular weight excluding hydrogens is 458 g/mol. The molecule has 0 unspecified atom stereocenters. The fourth-order valence-corrected chi connectivity index (χ4v) is 4.74. The lowest BCUT2D eigenvalue weighted by Gasteiger charge is -2.29. The summed E-state index contributed by atoms with van der Waals surface area (Å²) in [5, 5.41) is 4.33. The van der Waals surface area contributed by atoms with Crippen LogP contribution in [0.1, 0.15) is 29.9 Å². The van der Waals surface area contributed by atoms with E-state index in [2.05, 4.69) is 97.3 Å². The van der Waals surface area contributed by atoms with Crippen LogP contribution in [0.4, 0.5) is 0 Å². The highest BCUT2D eigenvalue weighted by molar-refractivity contribution is 9.10. The zero-order chi connectivity index (χ0) is 21.1. The molecule has 7 heteroatoms. The molecule has 4 rings (SSSR count). The number of hydrogen-bond acceptors (Lipinski definition) is 3. The Bertz CT molecular complexity index is 1000. The van der Waals surface area contributed by atoms with E-state index < -0.39 is 0 Å². The monoisotopic (exact) mass is 483 g/mol. The molecule has 1 N–H and O–H groups in total. The van der Waals surface area contributed by atoms with Crippen LogP contribution in [0.3, 0.4) is 0 Å². The van der Waals surface area contributed by atoms with E-state index in [1.807, 2.05) is 24.4 Å². The highest BCUT2D eigenvalue weighted by atomic mass is 79.9. The largest absolute Gasteiger partial charge is 0.352 e. The van der Waals surface area contributed by atoms with Crippen molar-refractivity contribution < 1.29 is 0 Å². The Morgan fingerprint density at radius 3 is 2.73 bits per heavy atom. The molecule has 1 aliphatic rings. The summed E-state index contributed by atoms with van der Waals surface area (Å²) in [4.78, 5) is 9.17. The molecule has 1 fully saturated rings. The molecule has 1 aliphatic heterocycles. The van der Waals surface area contributed by atoms with Gasteiger partial charge in [0.1, 0.15) is 0 Å². The average Bonchev–Trinajstić information content (AvgIpc) is 3.33. The Labute approximate surface area is 191 Å². The van der Waals surface area contributed by atoms with Crippen LogP contribution in [0.5, 0.6) is 0 Å². The van der Waals surface area contributed by atoms with Gasteiger partial charge in [0.25, 0.3) is 0 Å². The van der Waals surface area contributed by atoms with E-state index in [0.717, 1.165) is 40.5 Å². The summed E-state index contributed by atoms with van der Waals surface area (Å²) in [6.45, 7) is 1.91. The van der Waals surface area contributed by atoms with Crippen molar-refractivity contribution in [2.45, 2.75) is 18.5 Å². The van der Waals surface area contributed by atoms with Gasteiger partial charge in [0.15, 0.2) is 5.11 Å². The second-order valence-electron chi connectivity index (χ2n) is 7.76. The average molecular weight is 484 g/mol. The molecule has 1 aromatic carbocycles. The fourth-order valence-electron chi connectivity index (χ4n) is 4.02. The summed E-state index contributed by atoms with van der Waals surface area (Å²) in [6.07, 6.45) is 5.00. The third-order valence-corrected chi connectivity index (χ3v) is 6.22. The third kappa shape index (κ3) is 4.43. The van der Waals surface area contributed by atoms with E-state index in [1.165, 1.54) is 5.69 Å². The Morgan fingerprint density at radius 1 is 1.13 bits per heavy atom. The second-order valence-corrected chi connectivity index (χ2v) is 9.06. The molecule has 0 saturated carbocycles. The first kappa shape index (κ1) is 21.0. The van der Waals surface area contributed by atoms with E-state index in [9.17, 15) is 0 Å². The van der Waals surface area contributed by atoms with Crippen LogP contribution < -0.4 is 5.32 Å². The van der Waals surface area contributed by atoms with Crippen molar-refractivity contribution in [2.24, 2.45) is 0 Å². The zero-order valence-corrected chi connectivity index (χ0v) is 19.6. The summed E-state index contributed by atoms with van der Waals surface area (Å²) < 4.78 is 3.31. The predicted octanol–water partition coefficient (Wildman–Crippen LogP) is 4.56. The van der Waals surface area contributed by atoms with Gasteiger partial charge in [-0.05, 0) is 81.7 Å². The number of benzene rings is 1. The first-order valence-corrected chi connectivity index (χ1v) is 11.3. The van der Waals surface area contributed by atoms with Crippen molar-refractivity contribution in [1.29, 1.82) is 0 Å². The van der Waals surface area contributed by atoms with Gasteiger partial charge in [-0.1, -0.05) is 28.1 Å². The number of hydrogen-bond donors (Lipinski definition) is 1. The molecule has 3 aromatic rings. The summed E-state index contributed by atoms with van der Waals surface area (Å²) in [5.41, 5.74) is 3.32. The molecule has 2 atom stereocenters. The standard InChI is InChI=1S/C23H26BrN5S/c1-27(2)13-7-15-29-22(21(26-23(29)30)19-10-3-4-12-25-19)20-11-6-14-28(20)18-9-5-8-17(24)16-18/h3-6,8-12,14,16,21-22H,7,13,15H2,1-2H3,(H,26,30)/t21-,22-/m0/s1. The molecule has 3 heterocycles. The highest BCUT2D eigenvalue weighted by Crippen LogP contribution is 2.39. The van der Waals surface area contributed by atoms with Crippen LogP contribution in [0, 0.1) is 0 Å². The molecule has 0 aliphatic carbocycles. The number of halogens is 1. The first-order chi connectivity index (χ1) is 14.5. The first-order valence-electron chi connectivity index (χ1n) is 10.1. The van der Waals surface area contributed by atoms with Crippen molar-refractivity contribution in [3.8, 4) is 5.69 Å². The van der Waals surface area contributed by atoms with E-state index in [-0.39, 0.29) is 12.1 Å². The predicted molar refractivity (Wildman–Crippen MR) is 129 cm³/mol. The molecule has 2 aromatic heterocycles. The van der Waals surface area contributed by atoms with Crippen LogP contribution in [0.15, 0.2) is 71.5 Å². The van der Waals surface area contributed by atoms with Crippen LogP contribution in [-0.4, -0.2) is 51.6 Å². The zero-order valence-electron chi connectivity index (χ0n) is 17.2. The van der Waals surface area contributed by atoms with E-state index in [4.69, 9.17) is 12.2 Å². The Kier molecular flexibility index (Phi) is 6.51. The van der Waals surface area contributed by atoms with Gasteiger partial charge in [-0.3, -0.25) is 4.98 Å². The van der Waals surface area contributed by atoms with E-state index >= 15 is 0 Å². The van der Waals surface area contributed by atoms with Crippen molar-refractivity contribution in [3.05, 3.63) is 82.9 Å². The van der Waals surface area contributed by atoms with Crippen LogP contribution in [0.25, 0.3) is 5.69 Å². The number of pyridine rings is 1. The maximum absolute atomic E-state index is 5.79. The minimum Gasteiger partial charge on any atom is -0.352 e. The van der Waals surface area contributed by atoms with Crippen molar-refractivity contribution in [3.63, 3.8) is 0 Å².